The number of nitrogens with zero attached hydrogens (tertiary/aromatic N) is 1. The van der Waals surface area contributed by atoms with Gasteiger partial charge in [0.2, 0.25) is 0 Å². The van der Waals surface area contributed by atoms with E-state index in [1.807, 2.05) is 0 Å². The molecule has 0 amide bonds. The van der Waals surface area contributed by atoms with E-state index < -0.39 is 0 Å². The van der Waals surface area contributed by atoms with Gasteiger partial charge in [0.15, 0.2) is 0 Å². The Balaban J connectivity index is 2.29. The summed E-state index contributed by atoms with van der Waals surface area (Å²) < 4.78 is 0. The van der Waals surface area contributed by atoms with Crippen molar-refractivity contribution >= 4 is 0 Å². The van der Waals surface area contributed by atoms with E-state index in [1.54, 1.807) is 0 Å². The molecule has 1 aromatic rings. The molecule has 1 atom stereocenters. The fourth-order valence-corrected chi connectivity index (χ4v) is 2.09. The van der Waals surface area contributed by atoms with E-state index in [9.17, 15) is 0 Å². The van der Waals surface area contributed by atoms with Crippen molar-refractivity contribution in [3.05, 3.63) is 35.4 Å². The molecule has 2 heteroatoms. The first-order chi connectivity index (χ1) is 8.69. The van der Waals surface area contributed by atoms with E-state index in [-0.39, 0.29) is 0 Å². The molecule has 0 saturated heterocycles. The summed E-state index contributed by atoms with van der Waals surface area (Å²) in [5.74, 6) is 0. The Bertz CT molecular complexity index is 336. The normalized spacial score (nSPS) is 12.9. The van der Waals surface area contributed by atoms with Crippen LogP contribution in [0.2, 0.25) is 0 Å². The molecule has 1 unspecified atom stereocenters. The fraction of sp³-hybridized carbons (Fsp3) is 0.625. The van der Waals surface area contributed by atoms with E-state index in [4.69, 9.17) is 0 Å². The Morgan fingerprint density at radius 1 is 1.17 bits per heavy atom. The highest BCUT2D eigenvalue weighted by molar-refractivity contribution is 5.26. The molecule has 1 rings (SSSR count). The largest absolute Gasteiger partial charge is 0.311 e. The Labute approximate surface area is 112 Å². The third kappa shape index (κ3) is 4.79. The predicted molar refractivity (Wildman–Crippen MR) is 79.9 cm³/mol. The zero-order valence-electron chi connectivity index (χ0n) is 12.4. The Hall–Kier alpha value is -0.860. The van der Waals surface area contributed by atoms with Crippen LogP contribution in [0.15, 0.2) is 24.3 Å². The Kier molecular flexibility index (Phi) is 6.99. The van der Waals surface area contributed by atoms with Crippen molar-refractivity contribution in [2.45, 2.75) is 46.2 Å². The van der Waals surface area contributed by atoms with Gasteiger partial charge < -0.3 is 10.2 Å². The van der Waals surface area contributed by atoms with Crippen LogP contribution in [0.25, 0.3) is 0 Å². The van der Waals surface area contributed by atoms with Gasteiger partial charge in [-0.3, -0.25) is 0 Å². The monoisotopic (exact) mass is 248 g/mol. The first kappa shape index (κ1) is 15.2. The van der Waals surface area contributed by atoms with Crippen LogP contribution in [0.5, 0.6) is 0 Å². The molecule has 0 radical (unpaired) electrons. The smallest absolute Gasteiger partial charge is 0.0208 e. The highest BCUT2D eigenvalue weighted by atomic mass is 15.1. The van der Waals surface area contributed by atoms with Gasteiger partial charge in [-0.1, -0.05) is 38.1 Å². The third-order valence-electron chi connectivity index (χ3n) is 3.80. The lowest BCUT2D eigenvalue weighted by molar-refractivity contribution is 0.251. The zero-order chi connectivity index (χ0) is 13.4. The van der Waals surface area contributed by atoms with Gasteiger partial charge in [-0.2, -0.15) is 0 Å². The molecule has 1 aromatic carbocycles. The molecule has 18 heavy (non-hydrogen) atoms. The lowest BCUT2D eigenvalue weighted by Gasteiger charge is -2.23. The second-order valence-electron chi connectivity index (χ2n) is 5.04. The average Bonchev–Trinajstić information content (AvgIpc) is 2.42. The molecule has 0 aliphatic heterocycles. The zero-order valence-corrected chi connectivity index (χ0v) is 12.4. The average molecular weight is 248 g/mol. The van der Waals surface area contributed by atoms with Gasteiger partial charge in [0.1, 0.15) is 0 Å². The van der Waals surface area contributed by atoms with Crippen LogP contribution >= 0.6 is 0 Å². The summed E-state index contributed by atoms with van der Waals surface area (Å²) in [5, 5.41) is 3.54. The van der Waals surface area contributed by atoms with Crippen molar-refractivity contribution in [3.63, 3.8) is 0 Å². The summed E-state index contributed by atoms with van der Waals surface area (Å²) in [5.41, 5.74) is 2.89. The number of likely N-dealkylation sites (N-methyl/N-ethyl adjacent to an activating group) is 1. The molecular formula is C16H28N2. The topological polar surface area (TPSA) is 15.3 Å². The molecular weight excluding hydrogens is 220 g/mol. The van der Waals surface area contributed by atoms with Crippen LogP contribution < -0.4 is 5.32 Å². The fourth-order valence-electron chi connectivity index (χ4n) is 2.09. The molecule has 0 spiro atoms. The van der Waals surface area contributed by atoms with Crippen LogP contribution in [0, 0.1) is 0 Å². The van der Waals surface area contributed by atoms with Crippen LogP contribution in [-0.2, 0) is 13.0 Å². The van der Waals surface area contributed by atoms with Crippen LogP contribution in [0.1, 0.15) is 38.3 Å². The predicted octanol–water partition coefficient (Wildman–Crippen LogP) is 3.07. The van der Waals surface area contributed by atoms with Gasteiger partial charge >= 0.3 is 0 Å². The first-order valence-corrected chi connectivity index (χ1v) is 7.16. The highest BCUT2D eigenvalue weighted by Gasteiger charge is 2.05. The summed E-state index contributed by atoms with van der Waals surface area (Å²) in [7, 11) is 2.20. The summed E-state index contributed by atoms with van der Waals surface area (Å²) in [6.07, 6.45) is 2.33. The minimum Gasteiger partial charge on any atom is -0.311 e. The Morgan fingerprint density at radius 3 is 2.44 bits per heavy atom. The number of benzene rings is 1. The van der Waals surface area contributed by atoms with Crippen molar-refractivity contribution < 1.29 is 0 Å². The number of hydrogen-bond donors (Lipinski definition) is 1. The lowest BCUT2D eigenvalue weighted by atomic mass is 10.1. The standard InChI is InChI=1S/C16H28N2/c1-5-14(3)18(4)12-11-17-13-16-10-8-7-9-15(16)6-2/h7-10,14,17H,5-6,11-13H2,1-4H3. The van der Waals surface area contributed by atoms with E-state index in [2.05, 4.69) is 62.3 Å². The minimum atomic E-state index is 0.676. The molecule has 0 aliphatic rings. The number of rotatable bonds is 8. The second kappa shape index (κ2) is 8.28. The summed E-state index contributed by atoms with van der Waals surface area (Å²) in [6, 6.07) is 9.38. The molecule has 0 bridgehead atoms. The van der Waals surface area contributed by atoms with Gasteiger partial charge in [-0.15, -0.1) is 0 Å². The minimum absolute atomic E-state index is 0.676. The van der Waals surface area contributed by atoms with Crippen LogP contribution in [0.3, 0.4) is 0 Å². The molecule has 0 aliphatic carbocycles. The maximum atomic E-state index is 3.54. The van der Waals surface area contributed by atoms with Gasteiger partial charge in [0, 0.05) is 25.7 Å². The van der Waals surface area contributed by atoms with E-state index in [1.165, 1.54) is 17.5 Å². The SMILES string of the molecule is CCc1ccccc1CNCCN(C)C(C)CC. The highest BCUT2D eigenvalue weighted by Crippen LogP contribution is 2.08. The first-order valence-electron chi connectivity index (χ1n) is 7.16. The van der Waals surface area contributed by atoms with E-state index in [0.29, 0.717) is 6.04 Å². The van der Waals surface area contributed by atoms with Crippen molar-refractivity contribution in [2.24, 2.45) is 0 Å². The third-order valence-corrected chi connectivity index (χ3v) is 3.80. The van der Waals surface area contributed by atoms with Gasteiger partial charge in [-0.25, -0.2) is 0 Å². The molecule has 1 N–H and O–H groups in total. The lowest BCUT2D eigenvalue weighted by Crippen LogP contribution is -2.34. The maximum Gasteiger partial charge on any atom is 0.0208 e. The molecule has 2 nitrogen and oxygen atoms in total. The second-order valence-corrected chi connectivity index (χ2v) is 5.04. The summed E-state index contributed by atoms with van der Waals surface area (Å²) >= 11 is 0. The summed E-state index contributed by atoms with van der Waals surface area (Å²) in [6.45, 7) is 9.90. The van der Waals surface area contributed by atoms with Crippen LogP contribution in [0.4, 0.5) is 0 Å². The van der Waals surface area contributed by atoms with Crippen LogP contribution in [-0.4, -0.2) is 31.1 Å². The molecule has 102 valence electrons. The van der Waals surface area contributed by atoms with E-state index >= 15 is 0 Å². The molecule has 0 heterocycles. The quantitative estimate of drug-likeness (QED) is 0.711. The van der Waals surface area contributed by atoms with Crippen molar-refractivity contribution in [3.8, 4) is 0 Å². The summed E-state index contributed by atoms with van der Waals surface area (Å²) in [4.78, 5) is 2.42. The van der Waals surface area contributed by atoms with Crippen molar-refractivity contribution in [2.75, 3.05) is 20.1 Å². The van der Waals surface area contributed by atoms with Crippen molar-refractivity contribution in [1.29, 1.82) is 0 Å². The number of hydrogen-bond acceptors (Lipinski definition) is 2. The van der Waals surface area contributed by atoms with Gasteiger partial charge in [0.05, 0.1) is 0 Å². The number of aryl methyl sites for hydroxylation is 1. The molecule has 0 saturated carbocycles. The van der Waals surface area contributed by atoms with E-state index in [0.717, 1.165) is 26.1 Å². The molecule has 0 fully saturated rings. The molecule has 0 aromatic heterocycles. The number of nitrogens with one attached hydrogen (secondary N) is 1. The Morgan fingerprint density at radius 2 is 1.83 bits per heavy atom. The maximum absolute atomic E-state index is 3.54. The van der Waals surface area contributed by atoms with Gasteiger partial charge in [-0.05, 0) is 37.9 Å². The van der Waals surface area contributed by atoms with Gasteiger partial charge in [0.25, 0.3) is 0 Å². The van der Waals surface area contributed by atoms with Crippen molar-refractivity contribution in [1.82, 2.24) is 10.2 Å².